The number of pyridine rings is 1. The van der Waals surface area contributed by atoms with Gasteiger partial charge in [0.15, 0.2) is 16.6 Å². The van der Waals surface area contributed by atoms with Crippen molar-refractivity contribution in [2.75, 3.05) is 23.0 Å². The summed E-state index contributed by atoms with van der Waals surface area (Å²) in [4.78, 5) is 49.6. The summed E-state index contributed by atoms with van der Waals surface area (Å²) in [5, 5.41) is 0.523. The molecule has 1 saturated heterocycles. The number of fused-ring (bicyclic) bond motifs is 2. The summed E-state index contributed by atoms with van der Waals surface area (Å²) >= 11 is 1.39. The summed E-state index contributed by atoms with van der Waals surface area (Å²) in [7, 11) is 0. The zero-order valence-corrected chi connectivity index (χ0v) is 19.9. The molecule has 9 nitrogen and oxygen atoms in total. The van der Waals surface area contributed by atoms with Gasteiger partial charge in [-0.05, 0) is 35.9 Å². The van der Waals surface area contributed by atoms with Crippen molar-refractivity contribution in [1.82, 2.24) is 9.97 Å². The Balaban J connectivity index is 1.35. The first-order valence-electron chi connectivity index (χ1n) is 11.4. The predicted octanol–water partition coefficient (Wildman–Crippen LogP) is 3.96. The first-order chi connectivity index (χ1) is 17.6. The highest BCUT2D eigenvalue weighted by Gasteiger charge is 2.30. The number of amides is 3. The van der Waals surface area contributed by atoms with E-state index in [-0.39, 0.29) is 37.1 Å². The van der Waals surface area contributed by atoms with Gasteiger partial charge in [-0.1, -0.05) is 17.4 Å². The van der Waals surface area contributed by atoms with E-state index >= 15 is 0 Å². The van der Waals surface area contributed by atoms with E-state index in [1.807, 2.05) is 24.3 Å². The van der Waals surface area contributed by atoms with Crippen molar-refractivity contribution in [3.05, 3.63) is 72.1 Å². The maximum atomic E-state index is 13.7. The zero-order valence-electron chi connectivity index (χ0n) is 19.0. The largest absolute Gasteiger partial charge is 0.486 e. The van der Waals surface area contributed by atoms with Gasteiger partial charge in [0.2, 0.25) is 11.8 Å². The van der Waals surface area contributed by atoms with Crippen LogP contribution in [0, 0.1) is 0 Å². The predicted molar refractivity (Wildman–Crippen MR) is 134 cm³/mol. The maximum absolute atomic E-state index is 13.7. The molecule has 3 amide bonds. The highest BCUT2D eigenvalue weighted by Crippen LogP contribution is 2.39. The van der Waals surface area contributed by atoms with Crippen molar-refractivity contribution in [1.29, 1.82) is 0 Å². The summed E-state index contributed by atoms with van der Waals surface area (Å²) in [5.74, 6) is 0.568. The number of imide groups is 1. The molecule has 0 N–H and O–H groups in total. The first-order valence-corrected chi connectivity index (χ1v) is 12.3. The molecular weight excluding hydrogens is 480 g/mol. The van der Waals surface area contributed by atoms with E-state index < -0.39 is 0 Å². The van der Waals surface area contributed by atoms with Gasteiger partial charge in [-0.15, -0.1) is 0 Å². The van der Waals surface area contributed by atoms with Crippen molar-refractivity contribution >= 4 is 50.1 Å². The minimum absolute atomic E-state index is 0.204. The fourth-order valence-corrected chi connectivity index (χ4v) is 5.22. The average molecular weight is 501 g/mol. The Labute approximate surface area is 209 Å². The van der Waals surface area contributed by atoms with Gasteiger partial charge in [0.05, 0.1) is 22.4 Å². The first kappa shape index (κ1) is 22.2. The van der Waals surface area contributed by atoms with Crippen LogP contribution in [0.15, 0.2) is 60.9 Å². The Morgan fingerprint density at radius 3 is 2.42 bits per heavy atom. The number of hydrogen-bond donors (Lipinski definition) is 0. The van der Waals surface area contributed by atoms with Crippen LogP contribution in [0.5, 0.6) is 11.5 Å². The lowest BCUT2D eigenvalue weighted by molar-refractivity contribution is -0.121. The Morgan fingerprint density at radius 2 is 1.72 bits per heavy atom. The minimum Gasteiger partial charge on any atom is -0.486 e. The zero-order chi connectivity index (χ0) is 24.6. The van der Waals surface area contributed by atoms with E-state index in [0.717, 1.165) is 10.3 Å². The molecule has 36 heavy (non-hydrogen) atoms. The van der Waals surface area contributed by atoms with Crippen LogP contribution in [0.25, 0.3) is 10.2 Å². The van der Waals surface area contributed by atoms with Gasteiger partial charge in [0.25, 0.3) is 5.91 Å². The summed E-state index contributed by atoms with van der Waals surface area (Å²) in [6, 6.07) is 13.9. The van der Waals surface area contributed by atoms with Crippen LogP contribution in [0.2, 0.25) is 0 Å². The molecule has 4 aromatic rings. The number of carbonyl (C=O) groups is 3. The molecule has 0 saturated carbocycles. The van der Waals surface area contributed by atoms with Crippen LogP contribution < -0.4 is 19.3 Å². The molecule has 0 spiro atoms. The van der Waals surface area contributed by atoms with Crippen molar-refractivity contribution in [3.8, 4) is 11.5 Å². The number of thiazole rings is 1. The second kappa shape index (κ2) is 9.04. The monoisotopic (exact) mass is 500 g/mol. The molecule has 180 valence electrons. The highest BCUT2D eigenvalue weighted by molar-refractivity contribution is 7.22. The van der Waals surface area contributed by atoms with Gasteiger partial charge < -0.3 is 9.47 Å². The van der Waals surface area contributed by atoms with E-state index in [9.17, 15) is 14.4 Å². The molecule has 1 fully saturated rings. The second-order valence-corrected chi connectivity index (χ2v) is 9.39. The van der Waals surface area contributed by atoms with Crippen molar-refractivity contribution in [2.45, 2.75) is 19.4 Å². The molecule has 0 atom stereocenters. The quantitative estimate of drug-likeness (QED) is 0.382. The summed E-state index contributed by atoms with van der Waals surface area (Å²) in [6.07, 6.45) is 3.80. The number of benzene rings is 2. The van der Waals surface area contributed by atoms with Crippen molar-refractivity contribution in [2.24, 2.45) is 0 Å². The third-order valence-corrected chi connectivity index (χ3v) is 7.05. The summed E-state index contributed by atoms with van der Waals surface area (Å²) in [6.45, 7) is 1.23. The second-order valence-electron chi connectivity index (χ2n) is 8.38. The third kappa shape index (κ3) is 4.05. The standard InChI is InChI=1S/C26H20N4O5S/c31-23-7-8-24(32)30(23)18-5-3-17(4-6-18)25(33)29(15-16-2-1-9-27-14-16)26-28-19-12-20-21(13-22(19)36-26)35-11-10-34-20/h1-6,9,12-14H,7-8,10-11,15H2. The molecule has 2 aromatic heterocycles. The third-order valence-electron chi connectivity index (χ3n) is 6.00. The topological polar surface area (TPSA) is 102 Å². The average Bonchev–Trinajstić information content (AvgIpc) is 3.47. The molecular formula is C26H20N4O5S. The molecule has 2 aromatic carbocycles. The van der Waals surface area contributed by atoms with Gasteiger partial charge >= 0.3 is 0 Å². The molecule has 6 rings (SSSR count). The van der Waals surface area contributed by atoms with Gasteiger partial charge in [0.1, 0.15) is 13.2 Å². The Bertz CT molecular complexity index is 1430. The Morgan fingerprint density at radius 1 is 1.00 bits per heavy atom. The number of hydrogen-bond acceptors (Lipinski definition) is 8. The number of carbonyl (C=O) groups excluding carboxylic acids is 3. The van der Waals surface area contributed by atoms with E-state index in [1.54, 1.807) is 41.6 Å². The van der Waals surface area contributed by atoms with Crippen LogP contribution in [-0.2, 0) is 16.1 Å². The molecule has 0 radical (unpaired) electrons. The fraction of sp³-hybridized carbons (Fsp3) is 0.192. The van der Waals surface area contributed by atoms with E-state index in [4.69, 9.17) is 14.5 Å². The Kier molecular flexibility index (Phi) is 5.57. The minimum atomic E-state index is -0.263. The normalized spacial score (nSPS) is 14.9. The van der Waals surface area contributed by atoms with E-state index in [1.165, 1.54) is 16.2 Å². The number of ether oxygens (including phenoxy) is 2. The van der Waals surface area contributed by atoms with E-state index in [2.05, 4.69) is 4.98 Å². The molecule has 4 heterocycles. The number of rotatable bonds is 5. The smallest absolute Gasteiger partial charge is 0.260 e. The SMILES string of the molecule is O=C(c1ccc(N2C(=O)CCC2=O)cc1)N(Cc1cccnc1)c1nc2cc3c(cc2s1)OCCO3. The van der Waals surface area contributed by atoms with Crippen LogP contribution >= 0.6 is 11.3 Å². The van der Waals surface area contributed by atoms with Gasteiger partial charge in [0, 0.05) is 42.9 Å². The van der Waals surface area contributed by atoms with Crippen molar-refractivity contribution < 1.29 is 23.9 Å². The number of aromatic nitrogens is 2. The maximum Gasteiger partial charge on any atom is 0.260 e. The highest BCUT2D eigenvalue weighted by atomic mass is 32.1. The number of anilines is 2. The van der Waals surface area contributed by atoms with Gasteiger partial charge in [-0.3, -0.25) is 29.2 Å². The van der Waals surface area contributed by atoms with Crippen LogP contribution in [-0.4, -0.2) is 40.9 Å². The molecule has 10 heteroatoms. The summed E-state index contributed by atoms with van der Waals surface area (Å²) in [5.41, 5.74) is 2.43. The fourth-order valence-electron chi connectivity index (χ4n) is 4.24. The lowest BCUT2D eigenvalue weighted by Gasteiger charge is -2.20. The molecule has 0 aliphatic carbocycles. The van der Waals surface area contributed by atoms with Gasteiger partial charge in [-0.25, -0.2) is 4.98 Å². The number of nitrogens with zero attached hydrogens (tertiary/aromatic N) is 4. The lowest BCUT2D eigenvalue weighted by Crippen LogP contribution is -2.31. The Hall–Kier alpha value is -4.31. The lowest BCUT2D eigenvalue weighted by atomic mass is 10.1. The molecule has 2 aliphatic heterocycles. The molecule has 2 aliphatic rings. The van der Waals surface area contributed by atoms with Crippen molar-refractivity contribution in [3.63, 3.8) is 0 Å². The van der Waals surface area contributed by atoms with Crippen LogP contribution in [0.4, 0.5) is 10.8 Å². The van der Waals surface area contributed by atoms with Crippen LogP contribution in [0.1, 0.15) is 28.8 Å². The van der Waals surface area contributed by atoms with E-state index in [0.29, 0.717) is 46.6 Å². The molecule has 0 bridgehead atoms. The van der Waals surface area contributed by atoms with Crippen LogP contribution in [0.3, 0.4) is 0 Å². The summed E-state index contributed by atoms with van der Waals surface area (Å²) < 4.78 is 12.3. The van der Waals surface area contributed by atoms with Gasteiger partial charge in [-0.2, -0.15) is 0 Å². The molecule has 0 unspecified atom stereocenters.